The molecule has 4 rings (SSSR count). The highest BCUT2D eigenvalue weighted by atomic mass is 16.5. The molecule has 4 nitrogen and oxygen atoms in total. The van der Waals surface area contributed by atoms with Crippen LogP contribution < -0.4 is 10.2 Å². The van der Waals surface area contributed by atoms with E-state index in [0.29, 0.717) is 6.42 Å². The molecule has 0 bridgehead atoms. The molecule has 0 saturated carbocycles. The van der Waals surface area contributed by atoms with Crippen molar-refractivity contribution in [2.75, 3.05) is 0 Å². The van der Waals surface area contributed by atoms with Crippen molar-refractivity contribution in [2.45, 2.75) is 19.4 Å². The van der Waals surface area contributed by atoms with Gasteiger partial charge in [0.1, 0.15) is 5.75 Å². The summed E-state index contributed by atoms with van der Waals surface area (Å²) in [4.78, 5) is 12.3. The first kappa shape index (κ1) is 15.4. The van der Waals surface area contributed by atoms with Crippen molar-refractivity contribution in [1.82, 2.24) is 5.43 Å². The standard InChI is InChI=1S/C21H18N2O2/c1-14-6-8-15(9-7-14)13-22-23-21(24)20-12-18-17-5-3-2-4-16(17)10-11-19(18)25-20/h2-11,13,20H,12H2,1H3,(H,23,24). The average Bonchev–Trinajstić information content (AvgIpc) is 3.08. The van der Waals surface area contributed by atoms with Crippen LogP contribution in [0.3, 0.4) is 0 Å². The smallest absolute Gasteiger partial charge is 0.281 e. The van der Waals surface area contributed by atoms with E-state index in [0.717, 1.165) is 27.6 Å². The molecule has 4 heteroatoms. The molecule has 3 aromatic carbocycles. The molecule has 1 atom stereocenters. The molecular formula is C21H18N2O2. The normalized spacial score (nSPS) is 16.0. The van der Waals surface area contributed by atoms with Crippen LogP contribution in [0.4, 0.5) is 0 Å². The Kier molecular flexibility index (Phi) is 3.94. The zero-order valence-electron chi connectivity index (χ0n) is 13.9. The van der Waals surface area contributed by atoms with Crippen LogP contribution in [0.2, 0.25) is 0 Å². The molecule has 124 valence electrons. The molecule has 1 aliphatic rings. The van der Waals surface area contributed by atoms with E-state index in [2.05, 4.69) is 22.7 Å². The maximum atomic E-state index is 12.3. The van der Waals surface area contributed by atoms with Crippen molar-refractivity contribution in [3.05, 3.63) is 77.4 Å². The van der Waals surface area contributed by atoms with Crippen molar-refractivity contribution in [1.29, 1.82) is 0 Å². The summed E-state index contributed by atoms with van der Waals surface area (Å²) < 4.78 is 5.81. The molecule has 0 spiro atoms. The molecule has 0 radical (unpaired) electrons. The van der Waals surface area contributed by atoms with Gasteiger partial charge in [0.15, 0.2) is 6.10 Å². The van der Waals surface area contributed by atoms with E-state index in [4.69, 9.17) is 4.74 Å². The second-order valence-corrected chi connectivity index (χ2v) is 6.22. The van der Waals surface area contributed by atoms with Gasteiger partial charge < -0.3 is 4.74 Å². The van der Waals surface area contributed by atoms with Crippen LogP contribution in [0.1, 0.15) is 16.7 Å². The number of carbonyl (C=O) groups excluding carboxylic acids is 1. The molecule has 0 aliphatic carbocycles. The highest BCUT2D eigenvalue weighted by molar-refractivity contribution is 5.91. The summed E-state index contributed by atoms with van der Waals surface area (Å²) in [6.07, 6.45) is 1.65. The van der Waals surface area contributed by atoms with Gasteiger partial charge in [-0.2, -0.15) is 5.10 Å². The Morgan fingerprint density at radius 1 is 1.12 bits per heavy atom. The predicted molar refractivity (Wildman–Crippen MR) is 99.0 cm³/mol. The molecule has 3 aromatic rings. The van der Waals surface area contributed by atoms with E-state index in [1.807, 2.05) is 55.5 Å². The van der Waals surface area contributed by atoms with Crippen LogP contribution in [-0.2, 0) is 11.2 Å². The third-order valence-corrected chi connectivity index (χ3v) is 4.41. The number of aryl methyl sites for hydroxylation is 1. The Morgan fingerprint density at radius 2 is 1.92 bits per heavy atom. The molecule has 1 heterocycles. The number of benzene rings is 3. The Balaban J connectivity index is 1.45. The number of rotatable bonds is 3. The Morgan fingerprint density at radius 3 is 2.76 bits per heavy atom. The summed E-state index contributed by atoms with van der Waals surface area (Å²) in [6.45, 7) is 2.03. The van der Waals surface area contributed by atoms with Gasteiger partial charge in [-0.3, -0.25) is 4.79 Å². The summed E-state index contributed by atoms with van der Waals surface area (Å²) in [5.41, 5.74) is 5.78. The van der Waals surface area contributed by atoms with Crippen LogP contribution in [0, 0.1) is 6.92 Å². The molecular weight excluding hydrogens is 312 g/mol. The topological polar surface area (TPSA) is 50.7 Å². The molecule has 1 aliphatic heterocycles. The molecule has 0 saturated heterocycles. The molecule has 0 aromatic heterocycles. The zero-order valence-corrected chi connectivity index (χ0v) is 13.9. The molecule has 25 heavy (non-hydrogen) atoms. The van der Waals surface area contributed by atoms with Crippen LogP contribution in [0.5, 0.6) is 5.75 Å². The second kappa shape index (κ2) is 6.40. The lowest BCUT2D eigenvalue weighted by molar-refractivity contribution is -0.127. The summed E-state index contributed by atoms with van der Waals surface area (Å²) in [5.74, 6) is 0.546. The fourth-order valence-electron chi connectivity index (χ4n) is 3.06. The van der Waals surface area contributed by atoms with Crippen LogP contribution in [0.25, 0.3) is 10.8 Å². The fraction of sp³-hybridized carbons (Fsp3) is 0.143. The van der Waals surface area contributed by atoms with E-state index in [9.17, 15) is 4.79 Å². The first-order valence-corrected chi connectivity index (χ1v) is 8.27. The largest absolute Gasteiger partial charge is 0.480 e. The lowest BCUT2D eigenvalue weighted by atomic mass is 10.0. The number of nitrogens with zero attached hydrogens (tertiary/aromatic N) is 1. The molecule has 1 unspecified atom stereocenters. The Bertz CT molecular complexity index is 961. The third kappa shape index (κ3) is 3.11. The van der Waals surface area contributed by atoms with Gasteiger partial charge in [0.2, 0.25) is 0 Å². The number of hydrazone groups is 1. The van der Waals surface area contributed by atoms with Gasteiger partial charge in [0.25, 0.3) is 5.91 Å². The number of hydrogen-bond acceptors (Lipinski definition) is 3. The van der Waals surface area contributed by atoms with E-state index < -0.39 is 6.10 Å². The second-order valence-electron chi connectivity index (χ2n) is 6.22. The van der Waals surface area contributed by atoms with Gasteiger partial charge >= 0.3 is 0 Å². The van der Waals surface area contributed by atoms with Crippen molar-refractivity contribution in [2.24, 2.45) is 5.10 Å². The van der Waals surface area contributed by atoms with Crippen molar-refractivity contribution in [3.63, 3.8) is 0 Å². The zero-order chi connectivity index (χ0) is 17.2. The van der Waals surface area contributed by atoms with Gasteiger partial charge in [-0.15, -0.1) is 0 Å². The van der Waals surface area contributed by atoms with Crippen molar-refractivity contribution < 1.29 is 9.53 Å². The van der Waals surface area contributed by atoms with E-state index in [1.54, 1.807) is 6.21 Å². The Labute approximate surface area is 146 Å². The van der Waals surface area contributed by atoms with Crippen molar-refractivity contribution in [3.8, 4) is 5.75 Å². The van der Waals surface area contributed by atoms with Gasteiger partial charge in [-0.05, 0) is 29.3 Å². The minimum absolute atomic E-state index is 0.233. The lowest BCUT2D eigenvalue weighted by Crippen LogP contribution is -2.34. The highest BCUT2D eigenvalue weighted by Gasteiger charge is 2.30. The summed E-state index contributed by atoms with van der Waals surface area (Å²) in [6, 6.07) is 20.0. The number of hydrogen-bond donors (Lipinski definition) is 1. The minimum atomic E-state index is -0.545. The summed E-state index contributed by atoms with van der Waals surface area (Å²) in [7, 11) is 0. The highest BCUT2D eigenvalue weighted by Crippen LogP contribution is 2.34. The molecule has 1 N–H and O–H groups in total. The monoisotopic (exact) mass is 330 g/mol. The van der Waals surface area contributed by atoms with Crippen LogP contribution in [-0.4, -0.2) is 18.2 Å². The number of carbonyl (C=O) groups is 1. The number of nitrogens with one attached hydrogen (secondary N) is 1. The number of ether oxygens (including phenoxy) is 1. The predicted octanol–water partition coefficient (Wildman–Crippen LogP) is 3.60. The Hall–Kier alpha value is -3.14. The van der Waals surface area contributed by atoms with Crippen molar-refractivity contribution >= 4 is 22.9 Å². The first-order valence-electron chi connectivity index (χ1n) is 8.27. The summed E-state index contributed by atoms with van der Waals surface area (Å²) in [5, 5.41) is 6.33. The average molecular weight is 330 g/mol. The van der Waals surface area contributed by atoms with E-state index >= 15 is 0 Å². The number of amides is 1. The fourth-order valence-corrected chi connectivity index (χ4v) is 3.06. The van der Waals surface area contributed by atoms with E-state index in [-0.39, 0.29) is 5.91 Å². The SMILES string of the molecule is Cc1ccc(C=NNC(=O)C2Cc3c(ccc4ccccc34)O2)cc1. The lowest BCUT2D eigenvalue weighted by Gasteiger charge is -2.08. The van der Waals surface area contributed by atoms with E-state index in [1.165, 1.54) is 5.56 Å². The maximum Gasteiger partial charge on any atom is 0.281 e. The summed E-state index contributed by atoms with van der Waals surface area (Å²) >= 11 is 0. The van der Waals surface area contributed by atoms with Gasteiger partial charge in [-0.25, -0.2) is 5.43 Å². The number of fused-ring (bicyclic) bond motifs is 3. The quantitative estimate of drug-likeness (QED) is 0.589. The van der Waals surface area contributed by atoms with Crippen LogP contribution >= 0.6 is 0 Å². The van der Waals surface area contributed by atoms with Gasteiger partial charge in [-0.1, -0.05) is 60.2 Å². The van der Waals surface area contributed by atoms with Gasteiger partial charge in [0.05, 0.1) is 6.21 Å². The maximum absolute atomic E-state index is 12.3. The molecule has 1 amide bonds. The van der Waals surface area contributed by atoms with Gasteiger partial charge in [0, 0.05) is 12.0 Å². The molecule has 0 fully saturated rings. The minimum Gasteiger partial charge on any atom is -0.480 e. The first-order chi connectivity index (χ1) is 12.2. The van der Waals surface area contributed by atoms with Crippen LogP contribution in [0.15, 0.2) is 65.8 Å². The third-order valence-electron chi connectivity index (χ3n) is 4.41.